The molecule has 4 nitrogen and oxygen atoms in total. The predicted octanol–water partition coefficient (Wildman–Crippen LogP) is 2.14. The molecule has 2 N–H and O–H groups in total. The van der Waals surface area contributed by atoms with Crippen LogP contribution in [0.5, 0.6) is 0 Å². The third kappa shape index (κ3) is 2.81. The zero-order valence-corrected chi connectivity index (χ0v) is 11.7. The fraction of sp³-hybridized carbons (Fsp3) is 0.500. The van der Waals surface area contributed by atoms with E-state index in [9.17, 15) is 12.8 Å². The van der Waals surface area contributed by atoms with Crippen LogP contribution in [-0.4, -0.2) is 25.8 Å². The van der Waals surface area contributed by atoms with Crippen LogP contribution in [0.25, 0.3) is 0 Å². The van der Waals surface area contributed by atoms with Crippen LogP contribution in [0.1, 0.15) is 25.8 Å². The number of nitrogen functional groups attached to an aromatic ring is 1. The summed E-state index contributed by atoms with van der Waals surface area (Å²) in [7, 11) is -3.81. The lowest BCUT2D eigenvalue weighted by atomic mass is 10.2. The van der Waals surface area contributed by atoms with Gasteiger partial charge >= 0.3 is 0 Å². The number of anilines is 1. The van der Waals surface area contributed by atoms with E-state index in [1.807, 2.05) is 6.92 Å². The minimum Gasteiger partial charge on any atom is -0.399 e. The van der Waals surface area contributed by atoms with Gasteiger partial charge in [0.15, 0.2) is 0 Å². The summed E-state index contributed by atoms with van der Waals surface area (Å²) in [6, 6.07) is 2.60. The van der Waals surface area contributed by atoms with Crippen LogP contribution in [0.3, 0.4) is 0 Å². The second-order valence-corrected chi connectivity index (χ2v) is 6.05. The molecule has 0 aromatic heterocycles. The number of rotatable bonds is 5. The summed E-state index contributed by atoms with van der Waals surface area (Å²) in [4.78, 5) is -0.338. The molecule has 1 aromatic rings. The molecule has 0 heterocycles. The average Bonchev–Trinajstić information content (AvgIpc) is 2.30. The summed E-state index contributed by atoms with van der Waals surface area (Å²) in [6.07, 6.45) is 0.677. The van der Waals surface area contributed by atoms with Gasteiger partial charge in [-0.15, -0.1) is 0 Å². The second-order valence-electron chi connectivity index (χ2n) is 4.15. The maximum absolute atomic E-state index is 14.0. The van der Waals surface area contributed by atoms with Crippen LogP contribution < -0.4 is 5.73 Å². The summed E-state index contributed by atoms with van der Waals surface area (Å²) in [5.74, 6) is -0.723. The molecule has 102 valence electrons. The molecule has 0 aliphatic carbocycles. The van der Waals surface area contributed by atoms with E-state index in [1.54, 1.807) is 6.92 Å². The van der Waals surface area contributed by atoms with Crippen molar-refractivity contribution in [2.24, 2.45) is 0 Å². The monoisotopic (exact) mass is 274 g/mol. The number of hydrogen-bond acceptors (Lipinski definition) is 3. The zero-order chi connectivity index (χ0) is 13.9. The number of hydrogen-bond donors (Lipinski definition) is 1. The van der Waals surface area contributed by atoms with E-state index in [1.165, 1.54) is 23.4 Å². The van der Waals surface area contributed by atoms with Gasteiger partial charge in [0.2, 0.25) is 10.0 Å². The molecular weight excluding hydrogens is 255 g/mol. The van der Waals surface area contributed by atoms with E-state index in [-0.39, 0.29) is 16.1 Å². The third-order valence-corrected chi connectivity index (χ3v) is 4.66. The van der Waals surface area contributed by atoms with E-state index < -0.39 is 15.8 Å². The molecule has 1 aromatic carbocycles. The third-order valence-electron chi connectivity index (χ3n) is 2.69. The molecule has 0 amide bonds. The number of nitrogens with two attached hydrogens (primary N) is 1. The average molecular weight is 274 g/mol. The van der Waals surface area contributed by atoms with Crippen LogP contribution in [0.4, 0.5) is 10.1 Å². The van der Waals surface area contributed by atoms with E-state index in [4.69, 9.17) is 5.73 Å². The SMILES string of the molecule is CCCN(CC)S(=O)(=O)c1cc(N)cc(C)c1F. The van der Waals surface area contributed by atoms with Crippen LogP contribution in [0, 0.1) is 12.7 Å². The fourth-order valence-electron chi connectivity index (χ4n) is 1.79. The first kappa shape index (κ1) is 14.9. The van der Waals surface area contributed by atoms with E-state index in [0.29, 0.717) is 19.5 Å². The Morgan fingerprint density at radius 2 is 1.94 bits per heavy atom. The van der Waals surface area contributed by atoms with Crippen molar-refractivity contribution in [1.82, 2.24) is 4.31 Å². The second kappa shape index (κ2) is 5.67. The number of halogens is 1. The van der Waals surface area contributed by atoms with Gasteiger partial charge in [-0.25, -0.2) is 12.8 Å². The van der Waals surface area contributed by atoms with Crippen molar-refractivity contribution < 1.29 is 12.8 Å². The summed E-state index contributed by atoms with van der Waals surface area (Å²) >= 11 is 0. The molecule has 18 heavy (non-hydrogen) atoms. The van der Waals surface area contributed by atoms with Gasteiger partial charge in [-0.3, -0.25) is 0 Å². The summed E-state index contributed by atoms with van der Waals surface area (Å²) in [6.45, 7) is 5.78. The topological polar surface area (TPSA) is 63.4 Å². The quantitative estimate of drug-likeness (QED) is 0.837. The van der Waals surface area contributed by atoms with E-state index in [0.717, 1.165) is 0 Å². The van der Waals surface area contributed by atoms with Crippen LogP contribution in [0.2, 0.25) is 0 Å². The Morgan fingerprint density at radius 1 is 1.33 bits per heavy atom. The first-order valence-corrected chi connectivity index (χ1v) is 7.34. The van der Waals surface area contributed by atoms with Gasteiger partial charge in [-0.1, -0.05) is 13.8 Å². The minimum absolute atomic E-state index is 0.237. The van der Waals surface area contributed by atoms with E-state index in [2.05, 4.69) is 0 Å². The molecule has 0 spiro atoms. The fourth-order valence-corrected chi connectivity index (χ4v) is 3.50. The normalized spacial score (nSPS) is 12.1. The van der Waals surface area contributed by atoms with Crippen molar-refractivity contribution in [2.75, 3.05) is 18.8 Å². The molecule has 0 unspecified atom stereocenters. The van der Waals surface area contributed by atoms with Crippen LogP contribution in [0.15, 0.2) is 17.0 Å². The Balaban J connectivity index is 3.36. The molecule has 0 fully saturated rings. The Kier molecular flexibility index (Phi) is 4.70. The molecule has 0 aliphatic heterocycles. The van der Waals surface area contributed by atoms with Crippen LogP contribution in [-0.2, 0) is 10.0 Å². The number of sulfonamides is 1. The van der Waals surface area contributed by atoms with Gasteiger partial charge in [0.1, 0.15) is 10.7 Å². The Bertz CT molecular complexity index is 529. The highest BCUT2D eigenvalue weighted by atomic mass is 32.2. The number of benzene rings is 1. The van der Waals surface area contributed by atoms with Crippen molar-refractivity contribution in [2.45, 2.75) is 32.1 Å². The lowest BCUT2D eigenvalue weighted by Crippen LogP contribution is -2.32. The highest BCUT2D eigenvalue weighted by molar-refractivity contribution is 7.89. The Morgan fingerprint density at radius 3 is 2.44 bits per heavy atom. The standard InChI is InChI=1S/C12H19FN2O2S/c1-4-6-15(5-2)18(16,17)11-8-10(14)7-9(3)12(11)13/h7-8H,4-6,14H2,1-3H3. The first-order valence-electron chi connectivity index (χ1n) is 5.90. The van der Waals surface area contributed by atoms with Crippen molar-refractivity contribution in [3.63, 3.8) is 0 Å². The molecule has 1 rings (SSSR count). The highest BCUT2D eigenvalue weighted by Gasteiger charge is 2.26. The van der Waals surface area contributed by atoms with Gasteiger partial charge in [-0.2, -0.15) is 4.31 Å². The molecule has 0 radical (unpaired) electrons. The van der Waals surface area contributed by atoms with Crippen molar-refractivity contribution in [1.29, 1.82) is 0 Å². The van der Waals surface area contributed by atoms with Gasteiger partial charge in [-0.05, 0) is 31.0 Å². The summed E-state index contributed by atoms with van der Waals surface area (Å²) in [5, 5.41) is 0. The maximum Gasteiger partial charge on any atom is 0.246 e. The van der Waals surface area contributed by atoms with Gasteiger partial charge in [0.05, 0.1) is 0 Å². The predicted molar refractivity (Wildman–Crippen MR) is 70.3 cm³/mol. The van der Waals surface area contributed by atoms with Crippen molar-refractivity contribution in [3.05, 3.63) is 23.5 Å². The largest absolute Gasteiger partial charge is 0.399 e. The smallest absolute Gasteiger partial charge is 0.246 e. The van der Waals surface area contributed by atoms with E-state index >= 15 is 0 Å². The van der Waals surface area contributed by atoms with Crippen LogP contribution >= 0.6 is 0 Å². The molecule has 0 bridgehead atoms. The molecule has 0 saturated heterocycles. The Hall–Kier alpha value is -1.14. The minimum atomic E-state index is -3.81. The zero-order valence-electron chi connectivity index (χ0n) is 10.9. The lowest BCUT2D eigenvalue weighted by molar-refractivity contribution is 0.422. The molecule has 0 saturated carbocycles. The highest BCUT2D eigenvalue weighted by Crippen LogP contribution is 2.24. The van der Waals surface area contributed by atoms with Gasteiger partial charge in [0.25, 0.3) is 0 Å². The van der Waals surface area contributed by atoms with Gasteiger partial charge < -0.3 is 5.73 Å². The molecule has 6 heteroatoms. The van der Waals surface area contributed by atoms with Gasteiger partial charge in [0, 0.05) is 18.8 Å². The van der Waals surface area contributed by atoms with Crippen molar-refractivity contribution in [3.8, 4) is 0 Å². The number of aryl methyl sites for hydroxylation is 1. The maximum atomic E-state index is 14.0. The van der Waals surface area contributed by atoms with Crippen molar-refractivity contribution >= 4 is 15.7 Å². The first-order chi connectivity index (χ1) is 8.34. The summed E-state index contributed by atoms with van der Waals surface area (Å²) in [5.41, 5.74) is 6.08. The summed E-state index contributed by atoms with van der Waals surface area (Å²) < 4.78 is 39.8. The molecule has 0 aliphatic rings. The molecular formula is C12H19FN2O2S. The number of nitrogens with zero attached hydrogens (tertiary/aromatic N) is 1. The molecule has 0 atom stereocenters. The Labute approximate surface area is 108 Å². The lowest BCUT2D eigenvalue weighted by Gasteiger charge is -2.20.